The number of methoxy groups -OCH3 is 1. The van der Waals surface area contributed by atoms with Crippen molar-refractivity contribution in [1.82, 2.24) is 0 Å². The third-order valence-corrected chi connectivity index (χ3v) is 2.36. The fourth-order valence-electron chi connectivity index (χ4n) is 1.30. The van der Waals surface area contributed by atoms with E-state index in [-0.39, 0.29) is 28.3 Å². The second-order valence-electron chi connectivity index (χ2n) is 3.02. The Hall–Kier alpha value is -2.13. The Balaban J connectivity index is 3.55. The molecule has 0 amide bonds. The Labute approximate surface area is 102 Å². The number of ether oxygens (including phenoxy) is 1. The number of benzene rings is 1. The molecular weight excluding hydrogens is 248 g/mol. The minimum absolute atomic E-state index is 0.00236. The smallest absolute Gasteiger partial charge is 0.339 e. The Morgan fingerprint density at radius 1 is 1.65 bits per heavy atom. The van der Waals surface area contributed by atoms with Gasteiger partial charge in [-0.3, -0.25) is 10.1 Å². The van der Waals surface area contributed by atoms with E-state index in [1.165, 1.54) is 0 Å². The summed E-state index contributed by atoms with van der Waals surface area (Å²) in [6.45, 7) is 0. The van der Waals surface area contributed by atoms with Crippen molar-refractivity contribution in [3.8, 4) is 6.07 Å². The van der Waals surface area contributed by atoms with Crippen molar-refractivity contribution >= 4 is 23.3 Å². The number of carbonyl (C=O) groups excluding carboxylic acids is 1. The van der Waals surface area contributed by atoms with Crippen LogP contribution in [0.5, 0.6) is 0 Å². The van der Waals surface area contributed by atoms with Crippen molar-refractivity contribution in [2.45, 2.75) is 5.88 Å². The maximum atomic E-state index is 11.4. The maximum Gasteiger partial charge on any atom is 0.339 e. The number of nitrogens with zero attached hydrogens (tertiary/aromatic N) is 2. The zero-order valence-electron chi connectivity index (χ0n) is 8.77. The minimum atomic E-state index is -0.809. The van der Waals surface area contributed by atoms with Crippen LogP contribution in [0.25, 0.3) is 0 Å². The third kappa shape index (κ3) is 2.52. The molecule has 88 valence electrons. The summed E-state index contributed by atoms with van der Waals surface area (Å²) in [5, 5.41) is 19.6. The van der Waals surface area contributed by atoms with Crippen LogP contribution in [0, 0.1) is 21.4 Å². The quantitative estimate of drug-likeness (QED) is 0.356. The summed E-state index contributed by atoms with van der Waals surface area (Å²) in [5.41, 5.74) is -0.235. The van der Waals surface area contributed by atoms with Crippen molar-refractivity contribution in [3.05, 3.63) is 38.9 Å². The summed E-state index contributed by atoms with van der Waals surface area (Å²) in [6, 6.07) is 3.95. The molecule has 0 saturated heterocycles. The number of halogens is 1. The molecule has 0 aliphatic rings. The van der Waals surface area contributed by atoms with Gasteiger partial charge in [-0.1, -0.05) is 0 Å². The Kier molecular flexibility index (Phi) is 4.01. The normalized spacial score (nSPS) is 9.47. The van der Waals surface area contributed by atoms with Crippen molar-refractivity contribution in [2.75, 3.05) is 7.11 Å². The molecule has 7 heteroatoms. The summed E-state index contributed by atoms with van der Waals surface area (Å²) in [6.07, 6.45) is 0. The van der Waals surface area contributed by atoms with Crippen molar-refractivity contribution in [1.29, 1.82) is 5.26 Å². The van der Waals surface area contributed by atoms with Crippen LogP contribution in [0.15, 0.2) is 12.1 Å². The minimum Gasteiger partial charge on any atom is -0.465 e. The highest BCUT2D eigenvalue weighted by molar-refractivity contribution is 6.17. The van der Waals surface area contributed by atoms with Crippen LogP contribution in [0.1, 0.15) is 21.5 Å². The molecule has 0 saturated carbocycles. The summed E-state index contributed by atoms with van der Waals surface area (Å²) >= 11 is 5.58. The van der Waals surface area contributed by atoms with Gasteiger partial charge in [0.05, 0.1) is 23.2 Å². The Morgan fingerprint density at radius 3 is 2.71 bits per heavy atom. The molecule has 0 radical (unpaired) electrons. The van der Waals surface area contributed by atoms with Crippen molar-refractivity contribution in [3.63, 3.8) is 0 Å². The standard InChI is InChI=1S/C10H7ClN2O4/c1-17-10(14)8-3-7(13(15)16)2-6(4-11)9(8)5-12/h2-3H,4H2,1H3. The van der Waals surface area contributed by atoms with E-state index in [2.05, 4.69) is 4.74 Å². The van der Waals surface area contributed by atoms with Gasteiger partial charge in [0.15, 0.2) is 0 Å². The number of hydrogen-bond acceptors (Lipinski definition) is 5. The molecule has 0 unspecified atom stereocenters. The second-order valence-corrected chi connectivity index (χ2v) is 3.29. The highest BCUT2D eigenvalue weighted by atomic mass is 35.5. The molecule has 0 bridgehead atoms. The van der Waals surface area contributed by atoms with Gasteiger partial charge in [0.1, 0.15) is 6.07 Å². The average Bonchev–Trinajstić information content (AvgIpc) is 2.35. The van der Waals surface area contributed by atoms with E-state index in [1.54, 1.807) is 6.07 Å². The molecule has 1 rings (SSSR count). The van der Waals surface area contributed by atoms with Gasteiger partial charge in [-0.2, -0.15) is 5.26 Å². The zero-order chi connectivity index (χ0) is 13.0. The SMILES string of the molecule is COC(=O)c1cc([N+](=O)[O-])cc(CCl)c1C#N. The number of nitro groups is 1. The van der Waals surface area contributed by atoms with Crippen molar-refractivity contribution in [2.24, 2.45) is 0 Å². The molecule has 0 aliphatic heterocycles. The van der Waals surface area contributed by atoms with Gasteiger partial charge < -0.3 is 4.74 Å². The molecule has 0 heterocycles. The van der Waals surface area contributed by atoms with Crippen LogP contribution in [-0.2, 0) is 10.6 Å². The topological polar surface area (TPSA) is 93.2 Å². The fraction of sp³-hybridized carbons (Fsp3) is 0.200. The van der Waals surface area contributed by atoms with Crippen LogP contribution >= 0.6 is 11.6 Å². The van der Waals surface area contributed by atoms with Gasteiger partial charge in [0, 0.05) is 18.0 Å². The van der Waals surface area contributed by atoms with E-state index in [0.29, 0.717) is 0 Å². The van der Waals surface area contributed by atoms with Crippen LogP contribution in [0.4, 0.5) is 5.69 Å². The number of nitro benzene ring substituents is 1. The number of hydrogen-bond donors (Lipinski definition) is 0. The average molecular weight is 255 g/mol. The van der Waals surface area contributed by atoms with Gasteiger partial charge in [-0.05, 0) is 5.56 Å². The number of esters is 1. The summed E-state index contributed by atoms with van der Waals surface area (Å²) in [4.78, 5) is 21.4. The van der Waals surface area contributed by atoms with Crippen molar-refractivity contribution < 1.29 is 14.5 Å². The van der Waals surface area contributed by atoms with Gasteiger partial charge >= 0.3 is 5.97 Å². The lowest BCUT2D eigenvalue weighted by Crippen LogP contribution is -2.07. The first kappa shape index (κ1) is 12.9. The molecule has 6 nitrogen and oxygen atoms in total. The largest absolute Gasteiger partial charge is 0.465 e. The van der Waals surface area contributed by atoms with E-state index in [9.17, 15) is 14.9 Å². The molecule has 0 aliphatic carbocycles. The van der Waals surface area contributed by atoms with E-state index in [0.717, 1.165) is 19.2 Å². The predicted octanol–water partition coefficient (Wildman–Crippen LogP) is 1.99. The Morgan fingerprint density at radius 2 is 2.29 bits per heavy atom. The Bertz CT molecular complexity index is 522. The van der Waals surface area contributed by atoms with Crippen LogP contribution in [0.2, 0.25) is 0 Å². The first-order valence-corrected chi connectivity index (χ1v) is 4.94. The van der Waals surface area contributed by atoms with Gasteiger partial charge in [0.25, 0.3) is 5.69 Å². The molecule has 0 aromatic heterocycles. The zero-order valence-corrected chi connectivity index (χ0v) is 9.52. The molecule has 0 fully saturated rings. The molecular formula is C10H7ClN2O4. The first-order chi connectivity index (χ1) is 8.04. The second kappa shape index (κ2) is 5.27. The van der Waals surface area contributed by atoms with Crippen LogP contribution < -0.4 is 0 Å². The number of nitriles is 1. The number of carbonyl (C=O) groups is 1. The molecule has 0 N–H and O–H groups in total. The molecule has 0 atom stereocenters. The van der Waals surface area contributed by atoms with Gasteiger partial charge in [-0.15, -0.1) is 11.6 Å². The number of non-ortho nitro benzene ring substituents is 1. The lowest BCUT2D eigenvalue weighted by atomic mass is 10.0. The molecule has 17 heavy (non-hydrogen) atoms. The monoisotopic (exact) mass is 254 g/mol. The predicted molar refractivity (Wildman–Crippen MR) is 58.7 cm³/mol. The highest BCUT2D eigenvalue weighted by Crippen LogP contribution is 2.24. The van der Waals surface area contributed by atoms with Gasteiger partial charge in [-0.25, -0.2) is 4.79 Å². The van der Waals surface area contributed by atoms with Crippen LogP contribution in [0.3, 0.4) is 0 Å². The van der Waals surface area contributed by atoms with E-state index in [4.69, 9.17) is 16.9 Å². The van der Waals surface area contributed by atoms with Gasteiger partial charge in [0.2, 0.25) is 0 Å². The number of rotatable bonds is 3. The first-order valence-electron chi connectivity index (χ1n) is 4.40. The van der Waals surface area contributed by atoms with E-state index < -0.39 is 10.9 Å². The van der Waals surface area contributed by atoms with Crippen LogP contribution in [-0.4, -0.2) is 18.0 Å². The lowest BCUT2D eigenvalue weighted by Gasteiger charge is -2.05. The highest BCUT2D eigenvalue weighted by Gasteiger charge is 2.21. The van der Waals surface area contributed by atoms with E-state index in [1.807, 2.05) is 0 Å². The summed E-state index contributed by atoms with van der Waals surface area (Å²) in [5.74, 6) is -0.911. The molecule has 0 spiro atoms. The fourth-order valence-corrected chi connectivity index (χ4v) is 1.51. The van der Waals surface area contributed by atoms with E-state index >= 15 is 0 Å². The maximum absolute atomic E-state index is 11.4. The number of alkyl halides is 1. The summed E-state index contributed by atoms with van der Waals surface area (Å²) in [7, 11) is 1.13. The molecule has 1 aromatic carbocycles. The third-order valence-electron chi connectivity index (χ3n) is 2.08. The molecule has 1 aromatic rings. The lowest BCUT2D eigenvalue weighted by molar-refractivity contribution is -0.384. The summed E-state index contributed by atoms with van der Waals surface area (Å²) < 4.78 is 4.46.